The van der Waals surface area contributed by atoms with Crippen molar-refractivity contribution in [1.29, 1.82) is 0 Å². The molecule has 1 saturated heterocycles. The van der Waals surface area contributed by atoms with Crippen LogP contribution < -0.4 is 18.1 Å². The Hall–Kier alpha value is 0.01000. The van der Waals surface area contributed by atoms with Gasteiger partial charge in [0.1, 0.15) is 0 Å². The molecule has 2 N–H and O–H groups in total. The molecule has 4 heteroatoms. The van der Waals surface area contributed by atoms with Gasteiger partial charge in [-0.25, -0.2) is 0 Å². The number of nitrogens with two attached hydrogens (primary N) is 1. The van der Waals surface area contributed by atoms with Crippen molar-refractivity contribution in [2.24, 2.45) is 0 Å². The Labute approximate surface area is 93.3 Å². The molecule has 1 fully saturated rings. The molecule has 0 unspecified atom stereocenters. The van der Waals surface area contributed by atoms with Crippen molar-refractivity contribution in [3.8, 4) is 0 Å². The van der Waals surface area contributed by atoms with E-state index in [4.69, 9.17) is 5.73 Å². The minimum Gasteiger partial charge on any atom is -1.00 e. The van der Waals surface area contributed by atoms with Crippen molar-refractivity contribution in [3.63, 3.8) is 0 Å². The van der Waals surface area contributed by atoms with Crippen LogP contribution in [0.15, 0.2) is 24.3 Å². The molecule has 0 spiro atoms. The first kappa shape index (κ1) is 11.1. The summed E-state index contributed by atoms with van der Waals surface area (Å²) in [6.07, 6.45) is 0. The highest BCUT2D eigenvalue weighted by Gasteiger charge is 2.17. The highest BCUT2D eigenvalue weighted by Crippen LogP contribution is 2.45. The maximum Gasteiger partial charge on any atom is 0.0751 e. The molecule has 13 heavy (non-hydrogen) atoms. The van der Waals surface area contributed by atoms with Crippen LogP contribution in [0.3, 0.4) is 0 Å². The van der Waals surface area contributed by atoms with Gasteiger partial charge in [-0.05, 0) is 17.7 Å². The summed E-state index contributed by atoms with van der Waals surface area (Å²) in [6, 6.07) is 8.22. The van der Waals surface area contributed by atoms with Crippen LogP contribution in [0.1, 0.15) is 10.1 Å². The number of thioether (sulfide) groups is 2. The van der Waals surface area contributed by atoms with Crippen molar-refractivity contribution < 1.29 is 12.4 Å². The molecule has 1 aliphatic heterocycles. The number of hydrogen-bond acceptors (Lipinski definition) is 3. The van der Waals surface area contributed by atoms with Crippen molar-refractivity contribution in [1.82, 2.24) is 0 Å². The van der Waals surface area contributed by atoms with Gasteiger partial charge in [0, 0.05) is 17.2 Å². The van der Waals surface area contributed by atoms with Crippen LogP contribution in [-0.4, -0.2) is 11.5 Å². The van der Waals surface area contributed by atoms with Gasteiger partial charge in [0.05, 0.1) is 4.58 Å². The van der Waals surface area contributed by atoms with Gasteiger partial charge in [0.25, 0.3) is 0 Å². The third-order valence-electron chi connectivity index (χ3n) is 1.83. The second kappa shape index (κ2) is 5.03. The molecule has 0 amide bonds. The smallest absolute Gasteiger partial charge is 0.0751 e. The molecule has 72 valence electrons. The molecule has 1 nitrogen and oxygen atoms in total. The Balaban J connectivity index is 0.000000845. The van der Waals surface area contributed by atoms with Gasteiger partial charge in [0.15, 0.2) is 0 Å². The molecule has 0 saturated carbocycles. The van der Waals surface area contributed by atoms with E-state index in [0.717, 1.165) is 5.69 Å². The van der Waals surface area contributed by atoms with Crippen molar-refractivity contribution >= 4 is 29.2 Å². The molecule has 0 atom stereocenters. The Morgan fingerprint density at radius 1 is 1.08 bits per heavy atom. The molecule has 1 heterocycles. The van der Waals surface area contributed by atoms with Gasteiger partial charge >= 0.3 is 0 Å². The van der Waals surface area contributed by atoms with Gasteiger partial charge in [-0.1, -0.05) is 12.1 Å². The summed E-state index contributed by atoms with van der Waals surface area (Å²) in [5.74, 6) is 2.55. The molecule has 0 bridgehead atoms. The van der Waals surface area contributed by atoms with E-state index >= 15 is 0 Å². The Morgan fingerprint density at radius 3 is 2.15 bits per heavy atom. The minimum atomic E-state index is 0. The molecule has 1 aliphatic rings. The number of anilines is 1. The van der Waals surface area contributed by atoms with E-state index in [-0.39, 0.29) is 12.4 Å². The van der Waals surface area contributed by atoms with Crippen LogP contribution in [0.4, 0.5) is 5.69 Å². The average molecular weight is 233 g/mol. The van der Waals surface area contributed by atoms with E-state index in [9.17, 15) is 0 Å². The van der Waals surface area contributed by atoms with Crippen LogP contribution in [0, 0.1) is 0 Å². The monoisotopic (exact) mass is 232 g/mol. The average Bonchev–Trinajstić information content (AvgIpc) is 2.58. The standard InChI is InChI=1S/C9H11NS2.ClH/c10-8-3-1-7(2-4-8)9-11-5-6-12-9;/h1-4,9H,5-6,10H2;1H/p-1. The van der Waals surface area contributed by atoms with Gasteiger partial charge < -0.3 is 18.1 Å². The van der Waals surface area contributed by atoms with Crippen LogP contribution in [-0.2, 0) is 0 Å². The third-order valence-corrected chi connectivity index (χ3v) is 4.93. The summed E-state index contributed by atoms with van der Waals surface area (Å²) >= 11 is 4.05. The van der Waals surface area contributed by atoms with E-state index in [1.807, 2.05) is 35.7 Å². The topological polar surface area (TPSA) is 26.0 Å². The third kappa shape index (κ3) is 2.73. The molecule has 2 rings (SSSR count). The summed E-state index contributed by atoms with van der Waals surface area (Å²) in [4.78, 5) is 0. The van der Waals surface area contributed by atoms with E-state index in [2.05, 4.69) is 12.1 Å². The van der Waals surface area contributed by atoms with Gasteiger partial charge in [-0.3, -0.25) is 0 Å². The first-order valence-electron chi connectivity index (χ1n) is 3.95. The van der Waals surface area contributed by atoms with Crippen molar-refractivity contribution in [3.05, 3.63) is 29.8 Å². The lowest BCUT2D eigenvalue weighted by Crippen LogP contribution is -3.00. The Morgan fingerprint density at radius 2 is 1.62 bits per heavy atom. The minimum absolute atomic E-state index is 0. The van der Waals surface area contributed by atoms with Gasteiger partial charge in [-0.15, -0.1) is 23.5 Å². The molecule has 0 aromatic heterocycles. The molecular weight excluding hydrogens is 222 g/mol. The highest BCUT2D eigenvalue weighted by molar-refractivity contribution is 8.19. The number of halogens is 1. The van der Waals surface area contributed by atoms with Crippen LogP contribution in [0.5, 0.6) is 0 Å². The van der Waals surface area contributed by atoms with E-state index < -0.39 is 0 Å². The largest absolute Gasteiger partial charge is 1.00 e. The Bertz CT molecular complexity index is 257. The first-order chi connectivity index (χ1) is 5.86. The van der Waals surface area contributed by atoms with Gasteiger partial charge in [0.2, 0.25) is 0 Å². The molecule has 0 radical (unpaired) electrons. The first-order valence-corrected chi connectivity index (χ1v) is 6.04. The lowest BCUT2D eigenvalue weighted by Gasteiger charge is -2.07. The maximum atomic E-state index is 5.61. The molecule has 0 aliphatic carbocycles. The predicted molar refractivity (Wildman–Crippen MR) is 58.5 cm³/mol. The number of hydrogen-bond donors (Lipinski definition) is 1. The van der Waals surface area contributed by atoms with Crippen LogP contribution >= 0.6 is 23.5 Å². The highest BCUT2D eigenvalue weighted by atomic mass is 35.5. The van der Waals surface area contributed by atoms with E-state index in [1.165, 1.54) is 17.1 Å². The maximum absolute atomic E-state index is 5.61. The fourth-order valence-electron chi connectivity index (χ4n) is 1.20. The zero-order valence-corrected chi connectivity index (χ0v) is 9.46. The van der Waals surface area contributed by atoms with E-state index in [1.54, 1.807) is 0 Å². The SMILES string of the molecule is Nc1ccc(C2SCCS2)cc1.[Cl-]. The molecular formula is C9H11ClNS2-. The Kier molecular flexibility index (Phi) is 4.29. The molecule has 1 aromatic carbocycles. The van der Waals surface area contributed by atoms with Crippen molar-refractivity contribution in [2.45, 2.75) is 4.58 Å². The van der Waals surface area contributed by atoms with Gasteiger partial charge in [-0.2, -0.15) is 0 Å². The summed E-state index contributed by atoms with van der Waals surface area (Å²) in [7, 11) is 0. The van der Waals surface area contributed by atoms with Crippen LogP contribution in [0.2, 0.25) is 0 Å². The van der Waals surface area contributed by atoms with E-state index in [0.29, 0.717) is 4.58 Å². The summed E-state index contributed by atoms with van der Waals surface area (Å²) < 4.78 is 0.644. The zero-order valence-electron chi connectivity index (χ0n) is 7.07. The van der Waals surface area contributed by atoms with Crippen molar-refractivity contribution in [2.75, 3.05) is 17.2 Å². The second-order valence-corrected chi connectivity index (χ2v) is 5.46. The fraction of sp³-hybridized carbons (Fsp3) is 0.333. The lowest BCUT2D eigenvalue weighted by molar-refractivity contribution is -0.00000231. The second-order valence-electron chi connectivity index (χ2n) is 2.74. The summed E-state index contributed by atoms with van der Waals surface area (Å²) in [5, 5.41) is 0. The van der Waals surface area contributed by atoms with Crippen LogP contribution in [0.25, 0.3) is 0 Å². The number of rotatable bonds is 1. The summed E-state index contributed by atoms with van der Waals surface area (Å²) in [6.45, 7) is 0. The fourth-order valence-corrected chi connectivity index (χ4v) is 4.06. The lowest BCUT2D eigenvalue weighted by atomic mass is 10.2. The normalized spacial score (nSPS) is 16.9. The zero-order chi connectivity index (χ0) is 8.39. The number of benzene rings is 1. The predicted octanol–water partition coefficient (Wildman–Crippen LogP) is -0.249. The number of nitrogen functional groups attached to an aromatic ring is 1. The quantitative estimate of drug-likeness (QED) is 0.677. The molecule has 1 aromatic rings. The summed E-state index contributed by atoms with van der Waals surface area (Å²) in [5.41, 5.74) is 7.86.